The van der Waals surface area contributed by atoms with Gasteiger partial charge in [-0.1, -0.05) is 19.9 Å². The number of aromatic nitrogens is 2. The number of nitrogens with one attached hydrogen (secondary N) is 1. The Morgan fingerprint density at radius 2 is 2.00 bits per heavy atom. The zero-order valence-electron chi connectivity index (χ0n) is 11.1. The van der Waals surface area contributed by atoms with E-state index in [-0.39, 0.29) is 0 Å². The van der Waals surface area contributed by atoms with Crippen molar-refractivity contribution in [3.05, 3.63) is 29.6 Å². The van der Waals surface area contributed by atoms with Crippen molar-refractivity contribution in [2.45, 2.75) is 33.7 Å². The first kappa shape index (κ1) is 12.1. The number of aryl methyl sites for hydroxylation is 1. The van der Waals surface area contributed by atoms with Gasteiger partial charge in [-0.3, -0.25) is 4.90 Å². The van der Waals surface area contributed by atoms with Crippen LogP contribution in [0.2, 0.25) is 0 Å². The first-order valence-electron chi connectivity index (χ1n) is 6.36. The molecule has 1 unspecified atom stereocenters. The van der Waals surface area contributed by atoms with Crippen LogP contribution in [-0.2, 0) is 0 Å². The Labute approximate surface area is 103 Å². The van der Waals surface area contributed by atoms with Gasteiger partial charge in [0.15, 0.2) is 0 Å². The lowest BCUT2D eigenvalue weighted by atomic mass is 10.2. The molecule has 3 heteroatoms. The average molecular weight is 231 g/mol. The van der Waals surface area contributed by atoms with Gasteiger partial charge in [-0.05, 0) is 44.6 Å². The van der Waals surface area contributed by atoms with E-state index in [0.717, 1.165) is 29.9 Å². The van der Waals surface area contributed by atoms with Crippen molar-refractivity contribution in [1.82, 2.24) is 14.9 Å². The molecule has 1 atom stereocenters. The van der Waals surface area contributed by atoms with Gasteiger partial charge in [0, 0.05) is 0 Å². The molecule has 0 saturated carbocycles. The number of hydrogen-bond acceptors (Lipinski definition) is 2. The monoisotopic (exact) mass is 231 g/mol. The van der Waals surface area contributed by atoms with Gasteiger partial charge in [0.2, 0.25) is 0 Å². The van der Waals surface area contributed by atoms with Crippen LogP contribution >= 0.6 is 0 Å². The van der Waals surface area contributed by atoms with Crippen LogP contribution in [-0.4, -0.2) is 28.0 Å². The molecule has 17 heavy (non-hydrogen) atoms. The highest BCUT2D eigenvalue weighted by atomic mass is 15.2. The van der Waals surface area contributed by atoms with Gasteiger partial charge in [-0.25, -0.2) is 4.98 Å². The molecule has 0 radical (unpaired) electrons. The predicted molar refractivity (Wildman–Crippen MR) is 72.2 cm³/mol. The quantitative estimate of drug-likeness (QED) is 0.875. The molecule has 0 saturated heterocycles. The second kappa shape index (κ2) is 4.88. The standard InChI is InChI=1S/C14H21N3/c1-5-17(6-2)11(4)14-15-12-8-7-10(3)9-13(12)16-14/h7-9,11H,5-6H2,1-4H3,(H,15,16). The van der Waals surface area contributed by atoms with Gasteiger partial charge in [-0.2, -0.15) is 0 Å². The van der Waals surface area contributed by atoms with Gasteiger partial charge >= 0.3 is 0 Å². The molecular formula is C14H21N3. The van der Waals surface area contributed by atoms with Crippen LogP contribution in [0.5, 0.6) is 0 Å². The minimum absolute atomic E-state index is 0.345. The minimum atomic E-state index is 0.345. The van der Waals surface area contributed by atoms with Crippen LogP contribution in [0.1, 0.15) is 38.2 Å². The first-order valence-corrected chi connectivity index (χ1v) is 6.36. The molecule has 0 aliphatic heterocycles. The zero-order valence-corrected chi connectivity index (χ0v) is 11.1. The van der Waals surface area contributed by atoms with Crippen molar-refractivity contribution in [3.8, 4) is 0 Å². The Morgan fingerprint density at radius 3 is 2.65 bits per heavy atom. The fourth-order valence-electron chi connectivity index (χ4n) is 2.29. The summed E-state index contributed by atoms with van der Waals surface area (Å²) in [5.74, 6) is 1.06. The Bertz CT molecular complexity index is 497. The van der Waals surface area contributed by atoms with Crippen molar-refractivity contribution in [2.75, 3.05) is 13.1 Å². The summed E-state index contributed by atoms with van der Waals surface area (Å²) in [5, 5.41) is 0. The van der Waals surface area contributed by atoms with E-state index in [2.05, 4.69) is 60.8 Å². The van der Waals surface area contributed by atoms with Crippen molar-refractivity contribution >= 4 is 11.0 Å². The van der Waals surface area contributed by atoms with Gasteiger partial charge in [0.25, 0.3) is 0 Å². The molecule has 0 bridgehead atoms. The second-order valence-electron chi connectivity index (χ2n) is 4.54. The third-order valence-corrected chi connectivity index (χ3v) is 3.41. The van der Waals surface area contributed by atoms with E-state index in [9.17, 15) is 0 Å². The van der Waals surface area contributed by atoms with Crippen LogP contribution in [0.4, 0.5) is 0 Å². The summed E-state index contributed by atoms with van der Waals surface area (Å²) in [7, 11) is 0. The summed E-state index contributed by atoms with van der Waals surface area (Å²) >= 11 is 0. The number of nitrogens with zero attached hydrogens (tertiary/aromatic N) is 2. The minimum Gasteiger partial charge on any atom is -0.341 e. The largest absolute Gasteiger partial charge is 0.341 e. The molecule has 0 fully saturated rings. The zero-order chi connectivity index (χ0) is 12.4. The number of benzene rings is 1. The van der Waals surface area contributed by atoms with E-state index in [1.165, 1.54) is 5.56 Å². The van der Waals surface area contributed by atoms with Crippen LogP contribution in [0.15, 0.2) is 18.2 Å². The lowest BCUT2D eigenvalue weighted by Gasteiger charge is -2.24. The molecule has 0 aliphatic carbocycles. The molecule has 0 amide bonds. The topological polar surface area (TPSA) is 31.9 Å². The molecule has 1 aromatic carbocycles. The third-order valence-electron chi connectivity index (χ3n) is 3.41. The molecular weight excluding hydrogens is 210 g/mol. The number of fused-ring (bicyclic) bond motifs is 1. The fourth-order valence-corrected chi connectivity index (χ4v) is 2.29. The fraction of sp³-hybridized carbons (Fsp3) is 0.500. The van der Waals surface area contributed by atoms with Crippen molar-refractivity contribution in [2.24, 2.45) is 0 Å². The van der Waals surface area contributed by atoms with Crippen molar-refractivity contribution in [3.63, 3.8) is 0 Å². The maximum atomic E-state index is 4.67. The van der Waals surface area contributed by atoms with Crippen LogP contribution < -0.4 is 0 Å². The summed E-state index contributed by atoms with van der Waals surface area (Å²) in [5.41, 5.74) is 3.46. The second-order valence-corrected chi connectivity index (χ2v) is 4.54. The van der Waals surface area contributed by atoms with Crippen LogP contribution in [0, 0.1) is 6.92 Å². The average Bonchev–Trinajstić information content (AvgIpc) is 2.73. The van der Waals surface area contributed by atoms with E-state index in [1.54, 1.807) is 0 Å². The normalized spacial score (nSPS) is 13.5. The van der Waals surface area contributed by atoms with Crippen molar-refractivity contribution in [1.29, 1.82) is 0 Å². The van der Waals surface area contributed by atoms with Crippen LogP contribution in [0.25, 0.3) is 11.0 Å². The summed E-state index contributed by atoms with van der Waals surface area (Å²) in [6, 6.07) is 6.69. The summed E-state index contributed by atoms with van der Waals surface area (Å²) in [4.78, 5) is 10.5. The molecule has 1 aromatic heterocycles. The Hall–Kier alpha value is -1.35. The highest BCUT2D eigenvalue weighted by molar-refractivity contribution is 5.75. The summed E-state index contributed by atoms with van der Waals surface area (Å²) in [6.45, 7) is 10.8. The molecule has 92 valence electrons. The van der Waals surface area contributed by atoms with E-state index in [1.807, 2.05) is 0 Å². The SMILES string of the molecule is CCN(CC)C(C)c1nc2ccc(C)cc2[nH]1. The smallest absolute Gasteiger partial charge is 0.124 e. The molecule has 0 aliphatic rings. The lowest BCUT2D eigenvalue weighted by Crippen LogP contribution is -2.27. The lowest BCUT2D eigenvalue weighted by molar-refractivity contribution is 0.227. The van der Waals surface area contributed by atoms with E-state index < -0.39 is 0 Å². The number of imidazole rings is 1. The molecule has 3 nitrogen and oxygen atoms in total. The Morgan fingerprint density at radius 1 is 1.29 bits per heavy atom. The molecule has 2 aromatic rings. The van der Waals surface area contributed by atoms with Gasteiger partial charge in [0.05, 0.1) is 17.1 Å². The van der Waals surface area contributed by atoms with Gasteiger partial charge in [0.1, 0.15) is 5.82 Å². The number of rotatable bonds is 4. The van der Waals surface area contributed by atoms with Crippen molar-refractivity contribution < 1.29 is 0 Å². The predicted octanol–water partition coefficient (Wildman–Crippen LogP) is 3.27. The van der Waals surface area contributed by atoms with E-state index in [4.69, 9.17) is 0 Å². The first-order chi connectivity index (χ1) is 8.15. The number of hydrogen-bond donors (Lipinski definition) is 1. The number of H-pyrrole nitrogens is 1. The molecule has 1 heterocycles. The van der Waals surface area contributed by atoms with Gasteiger partial charge < -0.3 is 4.98 Å². The Balaban J connectivity index is 2.35. The highest BCUT2D eigenvalue weighted by Crippen LogP contribution is 2.21. The van der Waals surface area contributed by atoms with E-state index >= 15 is 0 Å². The Kier molecular flexibility index (Phi) is 3.48. The van der Waals surface area contributed by atoms with E-state index in [0.29, 0.717) is 6.04 Å². The summed E-state index contributed by atoms with van der Waals surface area (Å²) in [6.07, 6.45) is 0. The molecule has 0 spiro atoms. The molecule has 2 rings (SSSR count). The highest BCUT2D eigenvalue weighted by Gasteiger charge is 2.15. The van der Waals surface area contributed by atoms with Gasteiger partial charge in [-0.15, -0.1) is 0 Å². The summed E-state index contributed by atoms with van der Waals surface area (Å²) < 4.78 is 0. The van der Waals surface area contributed by atoms with Crippen LogP contribution in [0.3, 0.4) is 0 Å². The number of aromatic amines is 1. The maximum absolute atomic E-state index is 4.67. The maximum Gasteiger partial charge on any atom is 0.124 e. The third kappa shape index (κ3) is 2.34. The molecule has 1 N–H and O–H groups in total.